The maximum Gasteiger partial charge on any atom is 0.323 e. The highest BCUT2D eigenvalue weighted by molar-refractivity contribution is 6.33. The second-order valence-electron chi connectivity index (χ2n) is 6.40. The van der Waals surface area contributed by atoms with Crippen LogP contribution in [-0.2, 0) is 0 Å². The van der Waals surface area contributed by atoms with Crippen molar-refractivity contribution in [3.63, 3.8) is 0 Å². The van der Waals surface area contributed by atoms with Crippen molar-refractivity contribution >= 4 is 30.7 Å². The van der Waals surface area contributed by atoms with Crippen molar-refractivity contribution in [2.24, 2.45) is 0 Å². The predicted molar refractivity (Wildman–Crippen MR) is 103 cm³/mol. The predicted octanol–water partition coefficient (Wildman–Crippen LogP) is 3.11. The lowest BCUT2D eigenvalue weighted by Crippen LogP contribution is -2.29. The van der Waals surface area contributed by atoms with Gasteiger partial charge < -0.3 is 10.6 Å². The van der Waals surface area contributed by atoms with Gasteiger partial charge in [0, 0.05) is 28.8 Å². The average molecular weight is 334 g/mol. The van der Waals surface area contributed by atoms with Crippen LogP contribution in [0.4, 0.5) is 10.5 Å². The minimum absolute atomic E-state index is 0.196. The molecule has 0 aliphatic heterocycles. The Kier molecular flexibility index (Phi) is 5.62. The van der Waals surface area contributed by atoms with Crippen LogP contribution in [0.2, 0.25) is 0 Å². The lowest BCUT2D eigenvalue weighted by atomic mass is 9.92. The Balaban J connectivity index is 2.19. The largest absolute Gasteiger partial charge is 0.323 e. The third-order valence-electron chi connectivity index (χ3n) is 4.01. The van der Waals surface area contributed by atoms with E-state index in [-0.39, 0.29) is 11.9 Å². The molecule has 0 spiro atoms. The van der Waals surface area contributed by atoms with E-state index in [1.54, 1.807) is 12.3 Å². The molecule has 6 heteroatoms. The maximum absolute atomic E-state index is 12.4. The molecule has 128 valence electrons. The van der Waals surface area contributed by atoms with E-state index in [0.717, 1.165) is 28.3 Å². The standard InChI is InChI=1S/C19H23BN4O/c1-10(2)17-18(11(3)7-8-21-17)24-19(25)23-13(5)15-9-16(20)14(6)22-12(15)4/h7-10H,5H2,1-4,6H3,(H2,23,24,25). The van der Waals surface area contributed by atoms with E-state index in [9.17, 15) is 4.79 Å². The zero-order valence-electron chi connectivity index (χ0n) is 15.4. The van der Waals surface area contributed by atoms with Gasteiger partial charge in [-0.05, 0) is 38.3 Å². The molecule has 0 aliphatic rings. The second kappa shape index (κ2) is 7.51. The van der Waals surface area contributed by atoms with Gasteiger partial charge in [0.1, 0.15) is 7.85 Å². The number of anilines is 1. The number of urea groups is 1. The number of nitrogens with zero attached hydrogens (tertiary/aromatic N) is 2. The summed E-state index contributed by atoms with van der Waals surface area (Å²) in [7, 11) is 5.91. The number of rotatable bonds is 4. The van der Waals surface area contributed by atoms with Crippen molar-refractivity contribution in [2.75, 3.05) is 5.32 Å². The van der Waals surface area contributed by atoms with Gasteiger partial charge >= 0.3 is 6.03 Å². The number of hydrogen-bond donors (Lipinski definition) is 2. The van der Waals surface area contributed by atoms with Gasteiger partial charge in [-0.15, -0.1) is 0 Å². The molecule has 0 atom stereocenters. The molecular weight excluding hydrogens is 311 g/mol. The summed E-state index contributed by atoms with van der Waals surface area (Å²) < 4.78 is 0. The lowest BCUT2D eigenvalue weighted by Gasteiger charge is -2.17. The van der Waals surface area contributed by atoms with Gasteiger partial charge in [0.2, 0.25) is 0 Å². The molecule has 0 aliphatic carbocycles. The highest BCUT2D eigenvalue weighted by Gasteiger charge is 2.15. The third-order valence-corrected chi connectivity index (χ3v) is 4.01. The zero-order chi connectivity index (χ0) is 18.7. The Labute approximate surface area is 150 Å². The number of carbonyl (C=O) groups excluding carboxylic acids is 1. The molecule has 5 nitrogen and oxygen atoms in total. The molecule has 2 N–H and O–H groups in total. The Morgan fingerprint density at radius 1 is 1.24 bits per heavy atom. The first-order chi connectivity index (χ1) is 11.7. The number of pyridine rings is 2. The van der Waals surface area contributed by atoms with Crippen LogP contribution in [0, 0.1) is 20.8 Å². The summed E-state index contributed by atoms with van der Waals surface area (Å²) in [5, 5.41) is 5.64. The molecule has 0 bridgehead atoms. The molecule has 2 radical (unpaired) electrons. The SMILES string of the molecule is [B]c1cc(C(=C)NC(=O)Nc2c(C)ccnc2C(C)C)c(C)nc1C. The molecule has 2 amide bonds. The average Bonchev–Trinajstić information content (AvgIpc) is 2.52. The van der Waals surface area contributed by atoms with Gasteiger partial charge in [0.25, 0.3) is 0 Å². The lowest BCUT2D eigenvalue weighted by molar-refractivity contribution is 0.255. The van der Waals surface area contributed by atoms with E-state index in [1.165, 1.54) is 0 Å². The Bertz CT molecular complexity index is 830. The molecule has 2 rings (SSSR count). The van der Waals surface area contributed by atoms with Gasteiger partial charge in [0.15, 0.2) is 0 Å². The van der Waals surface area contributed by atoms with Gasteiger partial charge in [-0.2, -0.15) is 0 Å². The molecule has 0 fully saturated rings. The Hall–Kier alpha value is -2.63. The number of carbonyl (C=O) groups is 1. The topological polar surface area (TPSA) is 66.9 Å². The quantitative estimate of drug-likeness (QED) is 0.845. The molecule has 2 aromatic heterocycles. The number of aryl methyl sites for hydroxylation is 3. The van der Waals surface area contributed by atoms with Crippen molar-refractivity contribution < 1.29 is 4.79 Å². The number of aromatic nitrogens is 2. The van der Waals surface area contributed by atoms with Gasteiger partial charge in [0.05, 0.1) is 11.4 Å². The summed E-state index contributed by atoms with van der Waals surface area (Å²) in [6, 6.07) is 3.27. The van der Waals surface area contributed by atoms with Crippen molar-refractivity contribution in [1.29, 1.82) is 0 Å². The molecule has 25 heavy (non-hydrogen) atoms. The second-order valence-corrected chi connectivity index (χ2v) is 6.40. The summed E-state index contributed by atoms with van der Waals surface area (Å²) in [6.45, 7) is 13.6. The zero-order valence-corrected chi connectivity index (χ0v) is 15.4. The number of amides is 2. The minimum Gasteiger partial charge on any atom is -0.308 e. The summed E-state index contributed by atoms with van der Waals surface area (Å²) >= 11 is 0. The Morgan fingerprint density at radius 2 is 1.92 bits per heavy atom. The highest BCUT2D eigenvalue weighted by atomic mass is 16.2. The van der Waals surface area contributed by atoms with Crippen molar-refractivity contribution in [3.05, 3.63) is 53.1 Å². The molecule has 0 saturated heterocycles. The van der Waals surface area contributed by atoms with E-state index in [1.807, 2.05) is 40.7 Å². The van der Waals surface area contributed by atoms with E-state index in [4.69, 9.17) is 7.85 Å². The normalized spacial score (nSPS) is 10.6. The van der Waals surface area contributed by atoms with Gasteiger partial charge in [-0.25, -0.2) is 4.79 Å². The van der Waals surface area contributed by atoms with E-state index < -0.39 is 0 Å². The Morgan fingerprint density at radius 3 is 2.56 bits per heavy atom. The van der Waals surface area contributed by atoms with Crippen LogP contribution in [0.15, 0.2) is 24.9 Å². The van der Waals surface area contributed by atoms with Crippen LogP contribution in [0.1, 0.15) is 48.0 Å². The smallest absolute Gasteiger partial charge is 0.308 e. The van der Waals surface area contributed by atoms with Crippen molar-refractivity contribution in [2.45, 2.75) is 40.5 Å². The fraction of sp³-hybridized carbons (Fsp3) is 0.316. The van der Waals surface area contributed by atoms with E-state index in [0.29, 0.717) is 16.7 Å². The van der Waals surface area contributed by atoms with Crippen LogP contribution < -0.4 is 16.1 Å². The minimum atomic E-state index is -0.374. The molecule has 0 saturated carbocycles. The van der Waals surface area contributed by atoms with E-state index in [2.05, 4.69) is 27.2 Å². The van der Waals surface area contributed by atoms with Crippen LogP contribution in [0.3, 0.4) is 0 Å². The molecular formula is C19H23BN4O. The fourth-order valence-electron chi connectivity index (χ4n) is 2.57. The van der Waals surface area contributed by atoms with Crippen LogP contribution in [-0.4, -0.2) is 23.8 Å². The molecule has 2 heterocycles. The first kappa shape index (κ1) is 18.7. The number of hydrogen-bond acceptors (Lipinski definition) is 3. The van der Waals surface area contributed by atoms with Crippen LogP contribution >= 0.6 is 0 Å². The summed E-state index contributed by atoms with van der Waals surface area (Å²) in [4.78, 5) is 21.2. The van der Waals surface area contributed by atoms with E-state index >= 15 is 0 Å². The first-order valence-electron chi connectivity index (χ1n) is 8.17. The van der Waals surface area contributed by atoms with Crippen molar-refractivity contribution in [3.8, 4) is 0 Å². The fourth-order valence-corrected chi connectivity index (χ4v) is 2.57. The third kappa shape index (κ3) is 4.26. The van der Waals surface area contributed by atoms with Gasteiger partial charge in [-0.3, -0.25) is 9.97 Å². The van der Waals surface area contributed by atoms with Crippen LogP contribution in [0.25, 0.3) is 5.70 Å². The first-order valence-corrected chi connectivity index (χ1v) is 8.17. The molecule has 0 unspecified atom stereocenters. The maximum atomic E-state index is 12.4. The summed E-state index contributed by atoms with van der Waals surface area (Å²) in [6.07, 6.45) is 1.75. The molecule has 2 aromatic rings. The number of nitrogens with one attached hydrogen (secondary N) is 2. The molecule has 0 aromatic carbocycles. The van der Waals surface area contributed by atoms with Crippen LogP contribution in [0.5, 0.6) is 0 Å². The van der Waals surface area contributed by atoms with Crippen molar-refractivity contribution in [1.82, 2.24) is 15.3 Å². The monoisotopic (exact) mass is 334 g/mol. The van der Waals surface area contributed by atoms with Gasteiger partial charge in [-0.1, -0.05) is 32.0 Å². The summed E-state index contributed by atoms with van der Waals surface area (Å²) in [5.74, 6) is 0.196. The highest BCUT2D eigenvalue weighted by Crippen LogP contribution is 2.25. The summed E-state index contributed by atoms with van der Waals surface area (Å²) in [5.41, 5.74) is 5.76.